The Morgan fingerprint density at radius 2 is 1.63 bits per heavy atom. The maximum absolute atomic E-state index is 14.3. The summed E-state index contributed by atoms with van der Waals surface area (Å²) >= 11 is 0. The lowest BCUT2D eigenvalue weighted by Crippen LogP contribution is -2.58. The maximum Gasteiger partial charge on any atom is 0.313 e. The van der Waals surface area contributed by atoms with E-state index in [1.165, 1.54) is 27.1 Å². The monoisotopic (exact) mass is 547 g/mol. The molecule has 0 spiro atoms. The Morgan fingerprint density at radius 3 is 2.39 bits per heavy atom. The van der Waals surface area contributed by atoms with Crippen LogP contribution in [0.3, 0.4) is 0 Å². The summed E-state index contributed by atoms with van der Waals surface area (Å²) in [5, 5.41) is 4.83. The summed E-state index contributed by atoms with van der Waals surface area (Å²) in [7, 11) is 0. The van der Waals surface area contributed by atoms with Crippen molar-refractivity contribution in [2.75, 3.05) is 13.1 Å². The smallest absolute Gasteiger partial charge is 0.313 e. The summed E-state index contributed by atoms with van der Waals surface area (Å²) in [4.78, 5) is 29.1. The van der Waals surface area contributed by atoms with E-state index in [0.717, 1.165) is 12.0 Å². The van der Waals surface area contributed by atoms with Crippen LogP contribution in [-0.4, -0.2) is 41.6 Å². The Bertz CT molecular complexity index is 1670. The molecule has 41 heavy (non-hydrogen) atoms. The molecule has 2 aliphatic heterocycles. The SMILES string of the molecule is CC1(C)[C@@]2(C)CC[C@@]1(C(=O)N1CC[C@@H](c3cccc4ccccc34)[C@H](OCc3ccc4ccccc4c3)C1)OC2=O. The minimum Gasteiger partial charge on any atom is -0.448 e. The van der Waals surface area contributed by atoms with E-state index in [9.17, 15) is 9.59 Å². The molecule has 3 aliphatic rings. The number of likely N-dealkylation sites (tertiary alicyclic amines) is 1. The fourth-order valence-electron chi connectivity index (χ4n) is 7.71. The molecule has 4 aromatic carbocycles. The first-order valence-electron chi connectivity index (χ1n) is 14.8. The molecular formula is C36H37NO4. The molecular weight excluding hydrogens is 510 g/mol. The quantitative estimate of drug-likeness (QED) is 0.252. The van der Waals surface area contributed by atoms with Gasteiger partial charge in [-0.1, -0.05) is 92.7 Å². The summed E-state index contributed by atoms with van der Waals surface area (Å²) < 4.78 is 12.7. The van der Waals surface area contributed by atoms with E-state index in [1.807, 2.05) is 25.7 Å². The standard InChI is InChI=1S/C36H37NO4/c1-34(2)35(3)18-19-36(34,41-33(35)39)32(38)37-20-17-30(29-14-8-12-26-10-6-7-13-28(26)29)31(22-37)40-23-24-15-16-25-9-4-5-11-27(25)21-24/h4-16,21,30-31H,17-20,22-23H2,1-3H3/t30-,31+,35-,36-/m0/s1. The van der Waals surface area contributed by atoms with Crippen molar-refractivity contribution in [3.05, 3.63) is 96.1 Å². The Morgan fingerprint density at radius 1 is 0.902 bits per heavy atom. The zero-order valence-corrected chi connectivity index (χ0v) is 24.1. The number of hydrogen-bond donors (Lipinski definition) is 0. The lowest BCUT2D eigenvalue weighted by atomic mass is 9.66. The second-order valence-electron chi connectivity index (χ2n) is 12.9. The third-order valence-electron chi connectivity index (χ3n) is 10.8. The molecule has 0 N–H and O–H groups in total. The van der Waals surface area contributed by atoms with Crippen LogP contribution in [0.25, 0.3) is 21.5 Å². The molecule has 4 atom stereocenters. The van der Waals surface area contributed by atoms with Gasteiger partial charge in [-0.05, 0) is 64.9 Å². The molecule has 2 bridgehead atoms. The van der Waals surface area contributed by atoms with Crippen LogP contribution in [0.4, 0.5) is 0 Å². The first-order valence-corrected chi connectivity index (χ1v) is 14.8. The summed E-state index contributed by atoms with van der Waals surface area (Å²) in [5.41, 5.74) is 0.0734. The third-order valence-corrected chi connectivity index (χ3v) is 10.8. The number of benzene rings is 4. The zero-order chi connectivity index (χ0) is 28.4. The molecule has 7 rings (SSSR count). The van der Waals surface area contributed by atoms with Crippen molar-refractivity contribution in [2.45, 2.75) is 64.3 Å². The van der Waals surface area contributed by atoms with Crippen LogP contribution in [0.2, 0.25) is 0 Å². The predicted octanol–water partition coefficient (Wildman–Crippen LogP) is 7.02. The van der Waals surface area contributed by atoms with Crippen LogP contribution in [0.1, 0.15) is 57.1 Å². The molecule has 1 saturated carbocycles. The van der Waals surface area contributed by atoms with Crippen molar-refractivity contribution < 1.29 is 19.1 Å². The number of hydrogen-bond acceptors (Lipinski definition) is 4. The van der Waals surface area contributed by atoms with Gasteiger partial charge in [0.15, 0.2) is 5.60 Å². The molecule has 0 radical (unpaired) electrons. The van der Waals surface area contributed by atoms with E-state index in [4.69, 9.17) is 9.47 Å². The minimum atomic E-state index is -1.10. The van der Waals surface area contributed by atoms with E-state index >= 15 is 0 Å². The summed E-state index contributed by atoms with van der Waals surface area (Å²) in [6.45, 7) is 7.54. The Balaban J connectivity index is 1.20. The number of carbonyl (C=O) groups excluding carboxylic acids is 2. The molecule has 1 amide bonds. The average molecular weight is 548 g/mol. The van der Waals surface area contributed by atoms with Crippen LogP contribution < -0.4 is 0 Å². The second kappa shape index (κ2) is 9.42. The highest BCUT2D eigenvalue weighted by Crippen LogP contribution is 2.66. The number of carbonyl (C=O) groups is 2. The zero-order valence-electron chi connectivity index (χ0n) is 24.1. The normalized spacial score (nSPS) is 28.8. The van der Waals surface area contributed by atoms with E-state index < -0.39 is 16.4 Å². The van der Waals surface area contributed by atoms with Crippen molar-refractivity contribution in [1.82, 2.24) is 4.90 Å². The number of esters is 1. The largest absolute Gasteiger partial charge is 0.448 e. The van der Waals surface area contributed by atoms with Crippen molar-refractivity contribution in [3.63, 3.8) is 0 Å². The minimum absolute atomic E-state index is 0.0623. The van der Waals surface area contributed by atoms with Crippen molar-refractivity contribution in [1.29, 1.82) is 0 Å². The Hall–Kier alpha value is -3.70. The molecule has 5 nitrogen and oxygen atoms in total. The van der Waals surface area contributed by atoms with Gasteiger partial charge < -0.3 is 14.4 Å². The lowest BCUT2D eigenvalue weighted by Gasteiger charge is -2.44. The number of rotatable bonds is 5. The Labute approximate surface area is 241 Å². The van der Waals surface area contributed by atoms with E-state index in [-0.39, 0.29) is 23.9 Å². The van der Waals surface area contributed by atoms with Crippen LogP contribution in [-0.2, 0) is 25.7 Å². The lowest BCUT2D eigenvalue weighted by molar-refractivity contribution is -0.176. The van der Waals surface area contributed by atoms with Gasteiger partial charge in [-0.15, -0.1) is 0 Å². The van der Waals surface area contributed by atoms with E-state index in [2.05, 4.69) is 84.9 Å². The first-order chi connectivity index (χ1) is 19.7. The summed E-state index contributed by atoms with van der Waals surface area (Å²) in [6, 6.07) is 29.8. The van der Waals surface area contributed by atoms with Gasteiger partial charge in [0.25, 0.3) is 5.91 Å². The maximum atomic E-state index is 14.3. The van der Waals surface area contributed by atoms with Crippen molar-refractivity contribution >= 4 is 33.4 Å². The van der Waals surface area contributed by atoms with Crippen molar-refractivity contribution in [3.8, 4) is 0 Å². The highest BCUT2D eigenvalue weighted by molar-refractivity contribution is 5.96. The summed E-state index contributed by atoms with van der Waals surface area (Å²) in [6.07, 6.45) is 1.84. The number of fused-ring (bicyclic) bond motifs is 4. The van der Waals surface area contributed by atoms with E-state index in [1.54, 1.807) is 0 Å². The van der Waals surface area contributed by atoms with E-state index in [0.29, 0.717) is 32.5 Å². The van der Waals surface area contributed by atoms with Crippen LogP contribution in [0.5, 0.6) is 0 Å². The fourth-order valence-corrected chi connectivity index (χ4v) is 7.71. The highest BCUT2D eigenvalue weighted by atomic mass is 16.6. The van der Waals surface area contributed by atoms with Gasteiger partial charge in [-0.25, -0.2) is 0 Å². The molecule has 3 fully saturated rings. The Kier molecular flexibility index (Phi) is 6.02. The number of nitrogens with zero attached hydrogens (tertiary/aromatic N) is 1. The van der Waals surface area contributed by atoms with Gasteiger partial charge in [0.2, 0.25) is 0 Å². The van der Waals surface area contributed by atoms with Crippen LogP contribution >= 0.6 is 0 Å². The highest BCUT2D eigenvalue weighted by Gasteiger charge is 2.76. The third kappa shape index (κ3) is 3.85. The van der Waals surface area contributed by atoms with Gasteiger partial charge in [0, 0.05) is 24.4 Å². The van der Waals surface area contributed by atoms with Gasteiger partial charge in [-0.3, -0.25) is 9.59 Å². The molecule has 2 heterocycles. The molecule has 1 aliphatic carbocycles. The number of ether oxygens (including phenoxy) is 2. The fraction of sp³-hybridized carbons (Fsp3) is 0.389. The van der Waals surface area contributed by atoms with Gasteiger partial charge in [0.1, 0.15) is 0 Å². The molecule has 4 aromatic rings. The average Bonchev–Trinajstić information content (AvgIpc) is 3.29. The first kappa shape index (κ1) is 26.2. The predicted molar refractivity (Wildman–Crippen MR) is 160 cm³/mol. The molecule has 2 saturated heterocycles. The van der Waals surface area contributed by atoms with Crippen LogP contribution in [0, 0.1) is 10.8 Å². The second-order valence-corrected chi connectivity index (χ2v) is 12.9. The number of amides is 1. The van der Waals surface area contributed by atoms with Gasteiger partial charge in [0.05, 0.1) is 18.1 Å². The summed E-state index contributed by atoms with van der Waals surface area (Å²) in [5.74, 6) is -0.166. The number of piperidine rings is 1. The molecule has 0 aromatic heterocycles. The van der Waals surface area contributed by atoms with Crippen molar-refractivity contribution in [2.24, 2.45) is 10.8 Å². The van der Waals surface area contributed by atoms with Gasteiger partial charge in [-0.2, -0.15) is 0 Å². The van der Waals surface area contributed by atoms with Crippen LogP contribution in [0.15, 0.2) is 84.9 Å². The molecule has 210 valence electrons. The van der Waals surface area contributed by atoms with Gasteiger partial charge >= 0.3 is 5.97 Å². The molecule has 0 unspecified atom stereocenters. The topological polar surface area (TPSA) is 55.8 Å². The molecule has 5 heteroatoms.